The SMILES string of the molecule is CNc1ccc(C(=O)NC2CCOc3ccccc32)nc1. The predicted octanol–water partition coefficient (Wildman–Crippen LogP) is 2.38. The van der Waals surface area contributed by atoms with Crippen LogP contribution in [0.5, 0.6) is 5.75 Å². The number of aromatic nitrogens is 1. The summed E-state index contributed by atoms with van der Waals surface area (Å²) in [5.41, 5.74) is 2.31. The number of nitrogens with zero attached hydrogens (tertiary/aromatic N) is 1. The molecule has 1 atom stereocenters. The van der Waals surface area contributed by atoms with Crippen molar-refractivity contribution in [1.29, 1.82) is 0 Å². The number of amides is 1. The number of ether oxygens (including phenoxy) is 1. The zero-order chi connectivity index (χ0) is 14.7. The third-order valence-corrected chi connectivity index (χ3v) is 3.55. The summed E-state index contributed by atoms with van der Waals surface area (Å²) in [5.74, 6) is 0.673. The Hall–Kier alpha value is -2.56. The Labute approximate surface area is 123 Å². The number of pyridine rings is 1. The molecular formula is C16H17N3O2. The summed E-state index contributed by atoms with van der Waals surface area (Å²) in [5, 5.41) is 6.00. The van der Waals surface area contributed by atoms with Crippen molar-refractivity contribution in [2.75, 3.05) is 19.0 Å². The molecule has 0 aliphatic carbocycles. The van der Waals surface area contributed by atoms with Crippen molar-refractivity contribution in [3.63, 3.8) is 0 Å². The highest BCUT2D eigenvalue weighted by atomic mass is 16.5. The number of hydrogen-bond donors (Lipinski definition) is 2. The van der Waals surface area contributed by atoms with Gasteiger partial charge in [-0.2, -0.15) is 0 Å². The van der Waals surface area contributed by atoms with E-state index in [4.69, 9.17) is 4.74 Å². The summed E-state index contributed by atoms with van der Waals surface area (Å²) in [6.07, 6.45) is 2.41. The maximum absolute atomic E-state index is 12.3. The summed E-state index contributed by atoms with van der Waals surface area (Å²) in [6, 6.07) is 11.3. The fraction of sp³-hybridized carbons (Fsp3) is 0.250. The first-order chi connectivity index (χ1) is 10.3. The fourth-order valence-electron chi connectivity index (χ4n) is 2.40. The summed E-state index contributed by atoms with van der Waals surface area (Å²) in [6.45, 7) is 0.605. The average Bonchev–Trinajstić information content (AvgIpc) is 2.55. The Kier molecular flexibility index (Phi) is 3.73. The molecule has 1 aromatic heterocycles. The normalized spacial score (nSPS) is 16.5. The maximum atomic E-state index is 12.3. The van der Waals surface area contributed by atoms with Gasteiger partial charge in [-0.05, 0) is 18.2 Å². The first-order valence-corrected chi connectivity index (χ1v) is 6.94. The highest BCUT2D eigenvalue weighted by Gasteiger charge is 2.23. The van der Waals surface area contributed by atoms with Crippen molar-refractivity contribution in [2.45, 2.75) is 12.5 Å². The first kappa shape index (κ1) is 13.4. The van der Waals surface area contributed by atoms with Gasteiger partial charge < -0.3 is 15.4 Å². The number of carbonyl (C=O) groups is 1. The summed E-state index contributed by atoms with van der Waals surface area (Å²) in [4.78, 5) is 16.5. The zero-order valence-corrected chi connectivity index (χ0v) is 11.8. The molecule has 5 heteroatoms. The third kappa shape index (κ3) is 2.81. The number of nitrogens with one attached hydrogen (secondary N) is 2. The van der Waals surface area contributed by atoms with Crippen LogP contribution in [0.25, 0.3) is 0 Å². The van der Waals surface area contributed by atoms with Gasteiger partial charge in [0.1, 0.15) is 11.4 Å². The number of carbonyl (C=O) groups excluding carboxylic acids is 1. The molecule has 1 unspecified atom stereocenters. The molecule has 2 aromatic rings. The van der Waals surface area contributed by atoms with Gasteiger partial charge >= 0.3 is 0 Å². The number of anilines is 1. The minimum Gasteiger partial charge on any atom is -0.493 e. The van der Waals surface area contributed by atoms with Crippen LogP contribution in [-0.2, 0) is 0 Å². The van der Waals surface area contributed by atoms with Gasteiger partial charge in [0.15, 0.2) is 0 Å². The van der Waals surface area contributed by atoms with Gasteiger partial charge in [0.05, 0.1) is 24.5 Å². The molecule has 3 rings (SSSR count). The molecule has 108 valence electrons. The Morgan fingerprint density at radius 1 is 1.29 bits per heavy atom. The van der Waals surface area contributed by atoms with E-state index in [0.29, 0.717) is 12.3 Å². The highest BCUT2D eigenvalue weighted by molar-refractivity contribution is 5.92. The first-order valence-electron chi connectivity index (χ1n) is 6.94. The van der Waals surface area contributed by atoms with E-state index in [1.54, 1.807) is 12.3 Å². The number of hydrogen-bond acceptors (Lipinski definition) is 4. The van der Waals surface area contributed by atoms with Crippen LogP contribution in [0.3, 0.4) is 0 Å². The summed E-state index contributed by atoms with van der Waals surface area (Å²) in [7, 11) is 1.82. The summed E-state index contributed by atoms with van der Waals surface area (Å²) >= 11 is 0. The fourth-order valence-corrected chi connectivity index (χ4v) is 2.40. The van der Waals surface area contributed by atoms with Crippen molar-refractivity contribution in [3.8, 4) is 5.75 Å². The number of fused-ring (bicyclic) bond motifs is 1. The van der Waals surface area contributed by atoms with E-state index < -0.39 is 0 Å². The second-order valence-corrected chi connectivity index (χ2v) is 4.88. The highest BCUT2D eigenvalue weighted by Crippen LogP contribution is 2.31. The lowest BCUT2D eigenvalue weighted by Gasteiger charge is -2.26. The Bertz CT molecular complexity index is 640. The molecule has 21 heavy (non-hydrogen) atoms. The Balaban J connectivity index is 1.76. The minimum atomic E-state index is -0.167. The minimum absolute atomic E-state index is 0.0340. The van der Waals surface area contributed by atoms with Gasteiger partial charge in [-0.25, -0.2) is 4.98 Å². The van der Waals surface area contributed by atoms with E-state index in [-0.39, 0.29) is 11.9 Å². The van der Waals surface area contributed by atoms with Gasteiger partial charge in [0.2, 0.25) is 0 Å². The van der Waals surface area contributed by atoms with Gasteiger partial charge in [-0.15, -0.1) is 0 Å². The van der Waals surface area contributed by atoms with E-state index in [1.165, 1.54) is 0 Å². The average molecular weight is 283 g/mol. The Morgan fingerprint density at radius 3 is 2.90 bits per heavy atom. The van der Waals surface area contributed by atoms with Crippen molar-refractivity contribution < 1.29 is 9.53 Å². The molecule has 0 radical (unpaired) electrons. The van der Waals surface area contributed by atoms with E-state index in [0.717, 1.165) is 23.4 Å². The van der Waals surface area contributed by atoms with Gasteiger partial charge in [-0.1, -0.05) is 18.2 Å². The van der Waals surface area contributed by atoms with E-state index in [2.05, 4.69) is 15.6 Å². The molecule has 1 aromatic carbocycles. The van der Waals surface area contributed by atoms with E-state index >= 15 is 0 Å². The molecule has 2 N–H and O–H groups in total. The van der Waals surface area contributed by atoms with Crippen LogP contribution in [-0.4, -0.2) is 24.5 Å². The monoisotopic (exact) mass is 283 g/mol. The quantitative estimate of drug-likeness (QED) is 0.908. The third-order valence-electron chi connectivity index (χ3n) is 3.55. The molecule has 0 spiro atoms. The predicted molar refractivity (Wildman–Crippen MR) is 80.5 cm³/mol. The standard InChI is InChI=1S/C16H17N3O2/c1-17-11-6-7-14(18-10-11)16(20)19-13-8-9-21-15-5-3-2-4-12(13)15/h2-7,10,13,17H,8-9H2,1H3,(H,19,20). The lowest BCUT2D eigenvalue weighted by molar-refractivity contribution is 0.0920. The lowest BCUT2D eigenvalue weighted by atomic mass is 10.0. The van der Waals surface area contributed by atoms with Crippen LogP contribution in [0.1, 0.15) is 28.5 Å². The molecule has 1 aliphatic heterocycles. The van der Waals surface area contributed by atoms with Crippen molar-refractivity contribution >= 4 is 11.6 Å². The van der Waals surface area contributed by atoms with Crippen LogP contribution in [0.2, 0.25) is 0 Å². The number of para-hydroxylation sites is 1. The summed E-state index contributed by atoms with van der Waals surface area (Å²) < 4.78 is 5.60. The molecular weight excluding hydrogens is 266 g/mol. The largest absolute Gasteiger partial charge is 0.493 e. The molecule has 2 heterocycles. The lowest BCUT2D eigenvalue weighted by Crippen LogP contribution is -2.32. The van der Waals surface area contributed by atoms with Crippen LogP contribution in [0, 0.1) is 0 Å². The van der Waals surface area contributed by atoms with Crippen molar-refractivity contribution in [3.05, 3.63) is 53.9 Å². The van der Waals surface area contributed by atoms with Crippen LogP contribution >= 0.6 is 0 Å². The molecule has 0 bridgehead atoms. The maximum Gasteiger partial charge on any atom is 0.270 e. The second-order valence-electron chi connectivity index (χ2n) is 4.88. The molecule has 1 amide bonds. The van der Waals surface area contributed by atoms with E-state index in [1.807, 2.05) is 37.4 Å². The van der Waals surface area contributed by atoms with Crippen LogP contribution in [0.4, 0.5) is 5.69 Å². The van der Waals surface area contributed by atoms with Crippen molar-refractivity contribution in [2.24, 2.45) is 0 Å². The van der Waals surface area contributed by atoms with Crippen LogP contribution in [0.15, 0.2) is 42.6 Å². The smallest absolute Gasteiger partial charge is 0.270 e. The van der Waals surface area contributed by atoms with Gasteiger partial charge in [0.25, 0.3) is 5.91 Å². The number of benzene rings is 1. The molecule has 1 aliphatic rings. The van der Waals surface area contributed by atoms with Gasteiger partial charge in [-0.3, -0.25) is 4.79 Å². The molecule has 5 nitrogen and oxygen atoms in total. The van der Waals surface area contributed by atoms with E-state index in [9.17, 15) is 4.79 Å². The molecule has 0 saturated heterocycles. The Morgan fingerprint density at radius 2 is 2.14 bits per heavy atom. The van der Waals surface area contributed by atoms with Gasteiger partial charge in [0, 0.05) is 19.0 Å². The second kappa shape index (κ2) is 5.83. The van der Waals surface area contributed by atoms with Crippen LogP contribution < -0.4 is 15.4 Å². The van der Waals surface area contributed by atoms with Crippen molar-refractivity contribution in [1.82, 2.24) is 10.3 Å². The zero-order valence-electron chi connectivity index (χ0n) is 11.8. The topological polar surface area (TPSA) is 63.2 Å². The molecule has 0 fully saturated rings. The number of rotatable bonds is 3. The molecule has 0 saturated carbocycles.